The fourth-order valence-corrected chi connectivity index (χ4v) is 4.69. The van der Waals surface area contributed by atoms with Crippen LogP contribution in [0.4, 0.5) is 0 Å². The van der Waals surface area contributed by atoms with Crippen molar-refractivity contribution in [1.29, 1.82) is 0 Å². The average molecular weight is 349 g/mol. The third kappa shape index (κ3) is 3.05. The van der Waals surface area contributed by atoms with Gasteiger partial charge in [-0.2, -0.15) is 0 Å². The second-order valence-corrected chi connectivity index (χ2v) is 7.58. The number of rotatable bonds is 5. The Bertz CT molecular complexity index is 683. The maximum atomic E-state index is 13.1. The Balaban J connectivity index is 1.68. The molecule has 2 fully saturated rings. The molecule has 26 heavy (non-hydrogen) atoms. The second-order valence-electron chi connectivity index (χ2n) is 7.58. The number of hydrogen-bond acceptors (Lipinski definition) is 3. The summed E-state index contributed by atoms with van der Waals surface area (Å²) in [5, 5.41) is 3.75. The Kier molecular flexibility index (Phi) is 5.07. The van der Waals surface area contributed by atoms with E-state index in [-0.39, 0.29) is 11.9 Å². The topological polar surface area (TPSA) is 38.3 Å². The van der Waals surface area contributed by atoms with E-state index in [1.54, 1.807) is 0 Å². The highest BCUT2D eigenvalue weighted by molar-refractivity contribution is 5.90. The molecule has 4 rings (SSSR count). The molecule has 3 heteroatoms. The Morgan fingerprint density at radius 3 is 2.04 bits per heavy atom. The van der Waals surface area contributed by atoms with E-state index in [2.05, 4.69) is 29.6 Å². The van der Waals surface area contributed by atoms with Crippen molar-refractivity contribution in [2.75, 3.05) is 13.2 Å². The first-order valence-electron chi connectivity index (χ1n) is 9.83. The zero-order chi connectivity index (χ0) is 17.8. The minimum Gasteiger partial charge on any atom is -0.464 e. The lowest BCUT2D eigenvalue weighted by Crippen LogP contribution is -2.45. The summed E-state index contributed by atoms with van der Waals surface area (Å²) in [6.45, 7) is 1.28. The van der Waals surface area contributed by atoms with Crippen LogP contribution in [0.15, 0.2) is 60.7 Å². The van der Waals surface area contributed by atoms with Crippen LogP contribution in [0, 0.1) is 5.92 Å². The van der Waals surface area contributed by atoms with E-state index in [0.717, 1.165) is 17.7 Å². The zero-order valence-electron chi connectivity index (χ0n) is 15.2. The Morgan fingerprint density at radius 1 is 0.885 bits per heavy atom. The molecule has 2 aromatic rings. The van der Waals surface area contributed by atoms with Crippen molar-refractivity contribution in [3.05, 3.63) is 71.8 Å². The quantitative estimate of drug-likeness (QED) is 0.827. The van der Waals surface area contributed by atoms with Gasteiger partial charge in [0, 0.05) is 18.5 Å². The fourth-order valence-electron chi connectivity index (χ4n) is 4.69. The molecule has 0 radical (unpaired) electrons. The molecule has 1 aliphatic heterocycles. The largest absolute Gasteiger partial charge is 0.464 e. The first kappa shape index (κ1) is 17.3. The SMILES string of the molecule is O=C1OC[C@@H](CNC2CCCCC2)C1(c1ccccc1)c1ccccc1. The van der Waals surface area contributed by atoms with Crippen molar-refractivity contribution >= 4 is 5.97 Å². The Morgan fingerprint density at radius 2 is 1.46 bits per heavy atom. The maximum Gasteiger partial charge on any atom is 0.321 e. The molecule has 1 saturated carbocycles. The molecular formula is C23H27NO2. The van der Waals surface area contributed by atoms with Crippen LogP contribution in [0.2, 0.25) is 0 Å². The summed E-state index contributed by atoms with van der Waals surface area (Å²) in [6.07, 6.45) is 6.44. The highest BCUT2D eigenvalue weighted by Gasteiger charge is 2.54. The molecule has 1 heterocycles. The molecule has 0 bridgehead atoms. The highest BCUT2D eigenvalue weighted by Crippen LogP contribution is 2.44. The Labute approximate surface area is 155 Å². The van der Waals surface area contributed by atoms with Crippen molar-refractivity contribution in [2.24, 2.45) is 5.92 Å². The number of benzene rings is 2. The van der Waals surface area contributed by atoms with Gasteiger partial charge in [-0.05, 0) is 24.0 Å². The summed E-state index contributed by atoms with van der Waals surface area (Å²) in [7, 11) is 0. The summed E-state index contributed by atoms with van der Waals surface area (Å²) in [5.74, 6) is -0.0212. The van der Waals surface area contributed by atoms with Gasteiger partial charge in [-0.15, -0.1) is 0 Å². The van der Waals surface area contributed by atoms with E-state index < -0.39 is 5.41 Å². The number of esters is 1. The van der Waals surface area contributed by atoms with Gasteiger partial charge < -0.3 is 10.1 Å². The predicted molar refractivity (Wildman–Crippen MR) is 103 cm³/mol. The van der Waals surface area contributed by atoms with Crippen LogP contribution in [-0.4, -0.2) is 25.2 Å². The smallest absolute Gasteiger partial charge is 0.321 e. The van der Waals surface area contributed by atoms with Gasteiger partial charge in [0.2, 0.25) is 0 Å². The normalized spacial score (nSPS) is 22.9. The Hall–Kier alpha value is -2.13. The predicted octanol–water partition coefficient (Wildman–Crippen LogP) is 4.07. The molecule has 0 spiro atoms. The van der Waals surface area contributed by atoms with Gasteiger partial charge in [0.15, 0.2) is 0 Å². The molecule has 0 amide bonds. The zero-order valence-corrected chi connectivity index (χ0v) is 15.2. The van der Waals surface area contributed by atoms with Crippen molar-refractivity contribution < 1.29 is 9.53 Å². The molecule has 0 aromatic heterocycles. The first-order valence-corrected chi connectivity index (χ1v) is 9.83. The van der Waals surface area contributed by atoms with Gasteiger partial charge in [0.1, 0.15) is 5.41 Å². The molecule has 1 saturated heterocycles. The number of nitrogens with one attached hydrogen (secondary N) is 1. The first-order chi connectivity index (χ1) is 12.8. The molecule has 1 aliphatic carbocycles. The van der Waals surface area contributed by atoms with Gasteiger partial charge >= 0.3 is 5.97 Å². The van der Waals surface area contributed by atoms with E-state index in [1.807, 2.05) is 36.4 Å². The van der Waals surface area contributed by atoms with Crippen molar-refractivity contribution in [2.45, 2.75) is 43.6 Å². The number of carbonyl (C=O) groups excluding carboxylic acids is 1. The van der Waals surface area contributed by atoms with Crippen LogP contribution >= 0.6 is 0 Å². The number of cyclic esters (lactones) is 1. The van der Waals surface area contributed by atoms with Crippen molar-refractivity contribution in [1.82, 2.24) is 5.32 Å². The van der Waals surface area contributed by atoms with Crippen LogP contribution in [-0.2, 0) is 14.9 Å². The van der Waals surface area contributed by atoms with Crippen LogP contribution in [0.5, 0.6) is 0 Å². The number of ether oxygens (including phenoxy) is 1. The van der Waals surface area contributed by atoms with E-state index in [0.29, 0.717) is 12.6 Å². The van der Waals surface area contributed by atoms with Crippen LogP contribution < -0.4 is 5.32 Å². The summed E-state index contributed by atoms with van der Waals surface area (Å²) in [4.78, 5) is 13.1. The van der Waals surface area contributed by atoms with E-state index in [9.17, 15) is 4.79 Å². The van der Waals surface area contributed by atoms with Crippen LogP contribution in [0.1, 0.15) is 43.2 Å². The van der Waals surface area contributed by atoms with Crippen LogP contribution in [0.25, 0.3) is 0 Å². The van der Waals surface area contributed by atoms with E-state index >= 15 is 0 Å². The lowest BCUT2D eigenvalue weighted by Gasteiger charge is -2.34. The molecule has 136 valence electrons. The average Bonchev–Trinajstić information content (AvgIpc) is 3.05. The second kappa shape index (κ2) is 7.63. The molecule has 0 unspecified atom stereocenters. The van der Waals surface area contributed by atoms with Gasteiger partial charge in [-0.1, -0.05) is 79.9 Å². The minimum absolute atomic E-state index is 0.0988. The van der Waals surface area contributed by atoms with E-state index in [4.69, 9.17) is 4.74 Å². The third-order valence-corrected chi connectivity index (χ3v) is 6.07. The maximum absolute atomic E-state index is 13.1. The lowest BCUT2D eigenvalue weighted by molar-refractivity contribution is -0.141. The van der Waals surface area contributed by atoms with Crippen LogP contribution in [0.3, 0.4) is 0 Å². The van der Waals surface area contributed by atoms with Crippen molar-refractivity contribution in [3.63, 3.8) is 0 Å². The van der Waals surface area contributed by atoms with Crippen molar-refractivity contribution in [3.8, 4) is 0 Å². The van der Waals surface area contributed by atoms with Gasteiger partial charge in [-0.3, -0.25) is 4.79 Å². The third-order valence-electron chi connectivity index (χ3n) is 6.07. The summed E-state index contributed by atoms with van der Waals surface area (Å²) < 4.78 is 5.65. The van der Waals surface area contributed by atoms with E-state index in [1.165, 1.54) is 32.1 Å². The number of carbonyl (C=O) groups is 1. The molecule has 1 N–H and O–H groups in total. The summed E-state index contributed by atoms with van der Waals surface area (Å²) in [5.41, 5.74) is 1.35. The minimum atomic E-state index is -0.718. The molecule has 2 aliphatic rings. The standard InChI is InChI=1S/C23H27NO2/c25-22-23(18-10-4-1-5-11-18,19-12-6-2-7-13-19)20(17-26-22)16-24-21-14-8-3-9-15-21/h1-2,4-7,10-13,20-21,24H,3,8-9,14-17H2/t20-/m1/s1. The molecule has 1 atom stereocenters. The summed E-state index contributed by atoms with van der Waals surface area (Å²) >= 11 is 0. The van der Waals surface area contributed by atoms with Gasteiger partial charge in [0.25, 0.3) is 0 Å². The fraction of sp³-hybridized carbons (Fsp3) is 0.435. The lowest BCUT2D eigenvalue weighted by atomic mass is 9.67. The van der Waals surface area contributed by atoms with Gasteiger partial charge in [0.05, 0.1) is 6.61 Å². The van der Waals surface area contributed by atoms with Gasteiger partial charge in [-0.25, -0.2) is 0 Å². The molecule has 3 nitrogen and oxygen atoms in total. The number of hydrogen-bond donors (Lipinski definition) is 1. The highest BCUT2D eigenvalue weighted by atomic mass is 16.5. The molecule has 2 aromatic carbocycles. The monoisotopic (exact) mass is 349 g/mol. The summed E-state index contributed by atoms with van der Waals surface area (Å²) in [6, 6.07) is 20.9. The molecular weight excluding hydrogens is 322 g/mol.